The third-order valence-corrected chi connectivity index (χ3v) is 3.87. The first kappa shape index (κ1) is 16.3. The fourth-order valence-corrected chi connectivity index (χ4v) is 2.67. The Bertz CT molecular complexity index is 627. The van der Waals surface area contributed by atoms with Crippen molar-refractivity contribution in [3.8, 4) is 6.07 Å². The number of carboxylic acids is 1. The van der Waals surface area contributed by atoms with Crippen LogP contribution in [0.25, 0.3) is 0 Å². The van der Waals surface area contributed by atoms with Crippen molar-refractivity contribution in [2.75, 3.05) is 25.0 Å². The minimum absolute atomic E-state index is 0.0318. The average Bonchev–Trinajstić information content (AvgIpc) is 2.49. The summed E-state index contributed by atoms with van der Waals surface area (Å²) in [7, 11) is 0. The molecule has 1 fully saturated rings. The Kier molecular flexibility index (Phi) is 5.36. The second kappa shape index (κ2) is 7.25. The predicted octanol–water partition coefficient (Wildman–Crippen LogP) is 2.21. The van der Waals surface area contributed by atoms with E-state index >= 15 is 0 Å². The highest BCUT2D eigenvalue weighted by molar-refractivity contribution is 6.33. The summed E-state index contributed by atoms with van der Waals surface area (Å²) in [6, 6.07) is 6.55. The van der Waals surface area contributed by atoms with Crippen LogP contribution >= 0.6 is 11.6 Å². The molecule has 1 aromatic rings. The van der Waals surface area contributed by atoms with Gasteiger partial charge in [-0.3, -0.25) is 9.69 Å². The van der Waals surface area contributed by atoms with Crippen LogP contribution in [0.2, 0.25) is 5.02 Å². The molecule has 6 nitrogen and oxygen atoms in total. The molecule has 2 N–H and O–H groups in total. The van der Waals surface area contributed by atoms with E-state index in [9.17, 15) is 9.59 Å². The van der Waals surface area contributed by atoms with Gasteiger partial charge in [-0.1, -0.05) is 11.6 Å². The Morgan fingerprint density at radius 2 is 2.27 bits per heavy atom. The first-order valence-electron chi connectivity index (χ1n) is 6.94. The second-order valence-corrected chi connectivity index (χ2v) is 5.66. The molecule has 22 heavy (non-hydrogen) atoms. The molecule has 1 aliphatic heterocycles. The van der Waals surface area contributed by atoms with Gasteiger partial charge in [-0.25, -0.2) is 4.79 Å². The predicted molar refractivity (Wildman–Crippen MR) is 81.8 cm³/mol. The van der Waals surface area contributed by atoms with Crippen molar-refractivity contribution in [1.82, 2.24) is 4.90 Å². The molecule has 1 atom stereocenters. The monoisotopic (exact) mass is 321 g/mol. The molecule has 1 aromatic carbocycles. The van der Waals surface area contributed by atoms with Crippen LogP contribution in [0, 0.1) is 17.2 Å². The summed E-state index contributed by atoms with van der Waals surface area (Å²) in [6.45, 7) is 1.56. The number of likely N-dealkylation sites (tertiary alicyclic amines) is 1. The number of rotatable bonds is 4. The number of carboxylic acid groups (broad SMARTS) is 1. The zero-order valence-corrected chi connectivity index (χ0v) is 12.6. The maximum Gasteiger partial charge on any atom is 0.337 e. The number of carbonyl (C=O) groups excluding carboxylic acids is 1. The molecule has 1 aliphatic rings. The molecule has 1 saturated heterocycles. The zero-order chi connectivity index (χ0) is 16.1. The van der Waals surface area contributed by atoms with E-state index in [2.05, 4.69) is 11.4 Å². The molecule has 1 heterocycles. The largest absolute Gasteiger partial charge is 0.478 e. The molecule has 0 radical (unpaired) electrons. The standard InChI is InChI=1S/C15H16ClN3O3/c16-13-4-3-11(6-12(13)15(21)22)18-14(20)9-19-5-1-2-10(7-17)8-19/h3-4,6,10H,1-2,5,8-9H2,(H,18,20)(H,21,22). The molecule has 0 saturated carbocycles. The summed E-state index contributed by atoms with van der Waals surface area (Å²) in [5.74, 6) is -1.41. The third-order valence-electron chi connectivity index (χ3n) is 3.54. The van der Waals surface area contributed by atoms with Gasteiger partial charge in [0.25, 0.3) is 0 Å². The van der Waals surface area contributed by atoms with Crippen molar-refractivity contribution in [2.45, 2.75) is 12.8 Å². The van der Waals surface area contributed by atoms with Gasteiger partial charge < -0.3 is 10.4 Å². The summed E-state index contributed by atoms with van der Waals surface area (Å²) >= 11 is 5.78. The van der Waals surface area contributed by atoms with Crippen LogP contribution in [0.4, 0.5) is 5.69 Å². The van der Waals surface area contributed by atoms with E-state index < -0.39 is 5.97 Å². The number of hydrogen-bond acceptors (Lipinski definition) is 4. The van der Waals surface area contributed by atoms with Gasteiger partial charge in [0.2, 0.25) is 5.91 Å². The van der Waals surface area contributed by atoms with Crippen molar-refractivity contribution in [3.63, 3.8) is 0 Å². The SMILES string of the molecule is N#CC1CCCN(CC(=O)Nc2ccc(Cl)c(C(=O)O)c2)C1. The van der Waals surface area contributed by atoms with Crippen LogP contribution in [0.15, 0.2) is 18.2 Å². The molecule has 2 rings (SSSR count). The Labute approximate surface area is 133 Å². The van der Waals surface area contributed by atoms with Gasteiger partial charge in [-0.05, 0) is 37.6 Å². The Hall–Kier alpha value is -2.10. The number of anilines is 1. The number of aromatic carboxylic acids is 1. The molecule has 0 spiro atoms. The van der Waals surface area contributed by atoms with Crippen LogP contribution in [-0.4, -0.2) is 41.5 Å². The topological polar surface area (TPSA) is 93.4 Å². The van der Waals surface area contributed by atoms with Crippen molar-refractivity contribution < 1.29 is 14.7 Å². The Balaban J connectivity index is 1.96. The highest BCUT2D eigenvalue weighted by Crippen LogP contribution is 2.21. The number of hydrogen-bond donors (Lipinski definition) is 2. The van der Waals surface area contributed by atoms with Gasteiger partial charge in [0, 0.05) is 12.2 Å². The lowest BCUT2D eigenvalue weighted by molar-refractivity contribution is -0.117. The normalized spacial score (nSPS) is 18.5. The Morgan fingerprint density at radius 1 is 1.50 bits per heavy atom. The summed E-state index contributed by atoms with van der Waals surface area (Å²) in [6.07, 6.45) is 1.77. The minimum atomic E-state index is -1.14. The van der Waals surface area contributed by atoms with E-state index in [1.54, 1.807) is 6.07 Å². The zero-order valence-electron chi connectivity index (χ0n) is 11.9. The minimum Gasteiger partial charge on any atom is -0.478 e. The smallest absolute Gasteiger partial charge is 0.337 e. The highest BCUT2D eigenvalue weighted by Gasteiger charge is 2.21. The molecular formula is C15H16ClN3O3. The van der Waals surface area contributed by atoms with Gasteiger partial charge in [-0.15, -0.1) is 0 Å². The first-order chi connectivity index (χ1) is 10.5. The van der Waals surface area contributed by atoms with Crippen LogP contribution in [0.1, 0.15) is 23.2 Å². The fraction of sp³-hybridized carbons (Fsp3) is 0.400. The number of amides is 1. The number of benzene rings is 1. The molecule has 0 aromatic heterocycles. The van der Waals surface area contributed by atoms with Gasteiger partial charge in [-0.2, -0.15) is 5.26 Å². The van der Waals surface area contributed by atoms with Crippen LogP contribution in [0.3, 0.4) is 0 Å². The molecule has 1 amide bonds. The molecule has 0 aliphatic carbocycles. The van der Waals surface area contributed by atoms with Crippen LogP contribution < -0.4 is 5.32 Å². The van der Waals surface area contributed by atoms with Crippen molar-refractivity contribution in [3.05, 3.63) is 28.8 Å². The highest BCUT2D eigenvalue weighted by atomic mass is 35.5. The quantitative estimate of drug-likeness (QED) is 0.886. The first-order valence-corrected chi connectivity index (χ1v) is 7.32. The summed E-state index contributed by atoms with van der Waals surface area (Å²) in [5, 5.41) is 20.7. The van der Waals surface area contributed by atoms with E-state index in [1.165, 1.54) is 12.1 Å². The summed E-state index contributed by atoms with van der Waals surface area (Å²) in [5.41, 5.74) is 0.336. The van der Waals surface area contributed by atoms with Crippen molar-refractivity contribution in [1.29, 1.82) is 5.26 Å². The summed E-state index contributed by atoms with van der Waals surface area (Å²) in [4.78, 5) is 25.0. The number of nitriles is 1. The van der Waals surface area contributed by atoms with E-state index in [0.29, 0.717) is 12.2 Å². The van der Waals surface area contributed by atoms with E-state index in [1.807, 2.05) is 4.90 Å². The van der Waals surface area contributed by atoms with Gasteiger partial charge in [0.1, 0.15) is 0 Å². The average molecular weight is 322 g/mol. The van der Waals surface area contributed by atoms with Gasteiger partial charge >= 0.3 is 5.97 Å². The van der Waals surface area contributed by atoms with Gasteiger partial charge in [0.05, 0.1) is 29.1 Å². The second-order valence-electron chi connectivity index (χ2n) is 5.25. The third kappa shape index (κ3) is 4.20. The molecule has 1 unspecified atom stereocenters. The van der Waals surface area contributed by atoms with Crippen LogP contribution in [0.5, 0.6) is 0 Å². The lowest BCUT2D eigenvalue weighted by Crippen LogP contribution is -2.40. The number of nitrogens with zero attached hydrogens (tertiary/aromatic N) is 2. The van der Waals surface area contributed by atoms with E-state index in [-0.39, 0.29) is 29.0 Å². The van der Waals surface area contributed by atoms with Crippen LogP contribution in [-0.2, 0) is 4.79 Å². The maximum atomic E-state index is 12.0. The summed E-state index contributed by atoms with van der Waals surface area (Å²) < 4.78 is 0. The fourth-order valence-electron chi connectivity index (χ4n) is 2.48. The molecule has 0 bridgehead atoms. The number of halogens is 1. The van der Waals surface area contributed by atoms with E-state index in [0.717, 1.165) is 19.4 Å². The number of nitrogens with one attached hydrogen (secondary N) is 1. The molecule has 116 valence electrons. The van der Waals surface area contributed by atoms with E-state index in [4.69, 9.17) is 22.0 Å². The number of piperidine rings is 1. The van der Waals surface area contributed by atoms with Gasteiger partial charge in [0.15, 0.2) is 0 Å². The Morgan fingerprint density at radius 3 is 2.95 bits per heavy atom. The lowest BCUT2D eigenvalue weighted by atomic mass is 10.00. The maximum absolute atomic E-state index is 12.0. The van der Waals surface area contributed by atoms with Crippen molar-refractivity contribution >= 4 is 29.2 Å². The van der Waals surface area contributed by atoms with Crippen molar-refractivity contribution in [2.24, 2.45) is 5.92 Å². The lowest BCUT2D eigenvalue weighted by Gasteiger charge is -2.28. The molecule has 7 heteroatoms. The number of carbonyl (C=O) groups is 2. The molecular weight excluding hydrogens is 306 g/mol.